The van der Waals surface area contributed by atoms with Gasteiger partial charge < -0.3 is 20.0 Å². The molecule has 0 saturated carbocycles. The Kier molecular flexibility index (Phi) is 5.29. The predicted octanol–water partition coefficient (Wildman–Crippen LogP) is 4.49. The summed E-state index contributed by atoms with van der Waals surface area (Å²) < 4.78 is 2.02. The fourth-order valence-corrected chi connectivity index (χ4v) is 4.63. The average molecular weight is 462 g/mol. The molecule has 0 bridgehead atoms. The van der Waals surface area contributed by atoms with Crippen molar-refractivity contribution in [2.45, 2.75) is 6.42 Å². The highest BCUT2D eigenvalue weighted by Gasteiger charge is 2.11. The van der Waals surface area contributed by atoms with Crippen LogP contribution < -0.4 is 10.6 Å². The van der Waals surface area contributed by atoms with Crippen molar-refractivity contribution in [1.29, 1.82) is 0 Å². The van der Waals surface area contributed by atoms with Crippen molar-refractivity contribution < 1.29 is 0 Å². The van der Waals surface area contributed by atoms with Crippen molar-refractivity contribution in [3.63, 3.8) is 0 Å². The van der Waals surface area contributed by atoms with Gasteiger partial charge in [-0.15, -0.1) is 0 Å². The van der Waals surface area contributed by atoms with E-state index in [0.717, 1.165) is 76.0 Å². The SMILES string of the molecule is CN=C(NC)c1cn2ccc(-c3ccc(-c4cc5ccc(C6=NCCCN6)cc5[nH]4)cc3)cc2n1. The third kappa shape index (κ3) is 3.95. The van der Waals surface area contributed by atoms with E-state index in [0.29, 0.717) is 0 Å². The fraction of sp³-hybridized carbons (Fsp3) is 0.179. The minimum Gasteiger partial charge on any atom is -0.372 e. The van der Waals surface area contributed by atoms with Crippen molar-refractivity contribution in [2.75, 3.05) is 27.2 Å². The largest absolute Gasteiger partial charge is 0.372 e. The lowest BCUT2D eigenvalue weighted by Crippen LogP contribution is -2.30. The molecule has 0 radical (unpaired) electrons. The van der Waals surface area contributed by atoms with Gasteiger partial charge in [0.2, 0.25) is 0 Å². The highest BCUT2D eigenvalue weighted by atomic mass is 15.0. The van der Waals surface area contributed by atoms with Gasteiger partial charge in [0.05, 0.1) is 0 Å². The van der Waals surface area contributed by atoms with E-state index in [2.05, 4.69) is 86.3 Å². The van der Waals surface area contributed by atoms with E-state index in [9.17, 15) is 0 Å². The van der Waals surface area contributed by atoms with Crippen LogP contribution in [0.25, 0.3) is 38.9 Å². The molecule has 174 valence electrons. The fourth-order valence-electron chi connectivity index (χ4n) is 4.63. The first kappa shape index (κ1) is 21.2. The number of aromatic nitrogens is 3. The van der Waals surface area contributed by atoms with E-state index in [-0.39, 0.29) is 0 Å². The number of hydrogen-bond acceptors (Lipinski definition) is 4. The lowest BCUT2D eigenvalue weighted by molar-refractivity contribution is 0.742. The Morgan fingerprint density at radius 1 is 0.971 bits per heavy atom. The number of nitrogens with zero attached hydrogens (tertiary/aromatic N) is 4. The summed E-state index contributed by atoms with van der Waals surface area (Å²) in [5.41, 5.74) is 8.51. The van der Waals surface area contributed by atoms with Crippen LogP contribution in [0.15, 0.2) is 83.0 Å². The predicted molar refractivity (Wildman–Crippen MR) is 143 cm³/mol. The monoisotopic (exact) mass is 461 g/mol. The summed E-state index contributed by atoms with van der Waals surface area (Å²) in [6, 6.07) is 21.6. The molecular weight excluding hydrogens is 434 g/mol. The molecule has 0 spiro atoms. The topological polar surface area (TPSA) is 81.9 Å². The summed E-state index contributed by atoms with van der Waals surface area (Å²) in [5, 5.41) is 7.69. The number of aliphatic imine (C=N–C) groups is 2. The van der Waals surface area contributed by atoms with Gasteiger partial charge in [-0.3, -0.25) is 9.98 Å². The number of imidazole rings is 1. The third-order valence-electron chi connectivity index (χ3n) is 6.49. The first-order valence-electron chi connectivity index (χ1n) is 11.9. The molecule has 1 aliphatic rings. The molecule has 7 heteroatoms. The van der Waals surface area contributed by atoms with Gasteiger partial charge in [-0.25, -0.2) is 4.98 Å². The van der Waals surface area contributed by atoms with E-state index >= 15 is 0 Å². The summed E-state index contributed by atoms with van der Waals surface area (Å²) in [6.45, 7) is 1.87. The third-order valence-corrected chi connectivity index (χ3v) is 6.49. The van der Waals surface area contributed by atoms with E-state index in [1.807, 2.05) is 23.8 Å². The lowest BCUT2D eigenvalue weighted by atomic mass is 10.0. The lowest BCUT2D eigenvalue weighted by Gasteiger charge is -2.14. The van der Waals surface area contributed by atoms with Gasteiger partial charge in [0, 0.05) is 61.7 Å². The molecule has 5 aromatic rings. The van der Waals surface area contributed by atoms with Gasteiger partial charge >= 0.3 is 0 Å². The molecule has 7 nitrogen and oxygen atoms in total. The maximum absolute atomic E-state index is 4.72. The molecule has 0 unspecified atom stereocenters. The summed E-state index contributed by atoms with van der Waals surface area (Å²) in [7, 11) is 3.62. The molecule has 3 N–H and O–H groups in total. The smallest absolute Gasteiger partial charge is 0.148 e. The Morgan fingerprint density at radius 2 is 1.80 bits per heavy atom. The molecule has 0 aliphatic carbocycles. The number of amidine groups is 2. The van der Waals surface area contributed by atoms with Crippen molar-refractivity contribution >= 4 is 28.2 Å². The number of benzene rings is 2. The second-order valence-electron chi connectivity index (χ2n) is 8.70. The minimum absolute atomic E-state index is 0.771. The van der Waals surface area contributed by atoms with Crippen molar-refractivity contribution in [1.82, 2.24) is 25.0 Å². The maximum Gasteiger partial charge on any atom is 0.148 e. The van der Waals surface area contributed by atoms with E-state index < -0.39 is 0 Å². The minimum atomic E-state index is 0.771. The molecule has 0 saturated heterocycles. The highest BCUT2D eigenvalue weighted by Crippen LogP contribution is 2.28. The van der Waals surface area contributed by atoms with Gasteiger partial charge in [-0.2, -0.15) is 0 Å². The van der Waals surface area contributed by atoms with Crippen LogP contribution in [0, 0.1) is 0 Å². The van der Waals surface area contributed by atoms with E-state index in [1.54, 1.807) is 7.05 Å². The normalized spacial score (nSPS) is 14.2. The van der Waals surface area contributed by atoms with Crippen molar-refractivity contribution in [3.05, 3.63) is 84.3 Å². The quantitative estimate of drug-likeness (QED) is 0.273. The first-order chi connectivity index (χ1) is 17.2. The number of fused-ring (bicyclic) bond motifs is 2. The summed E-state index contributed by atoms with van der Waals surface area (Å²) in [5.74, 6) is 1.76. The van der Waals surface area contributed by atoms with Crippen LogP contribution in [0.5, 0.6) is 0 Å². The van der Waals surface area contributed by atoms with Crippen LogP contribution in [-0.2, 0) is 0 Å². The number of aromatic amines is 1. The van der Waals surface area contributed by atoms with Crippen LogP contribution in [0.1, 0.15) is 17.7 Å². The van der Waals surface area contributed by atoms with Crippen LogP contribution in [0.4, 0.5) is 0 Å². The number of hydrogen-bond donors (Lipinski definition) is 3. The van der Waals surface area contributed by atoms with Gasteiger partial charge in [0.15, 0.2) is 0 Å². The Balaban J connectivity index is 1.28. The summed E-state index contributed by atoms with van der Waals surface area (Å²) >= 11 is 0. The number of H-pyrrole nitrogens is 1. The Hall–Kier alpha value is -4.39. The zero-order valence-electron chi connectivity index (χ0n) is 19.8. The van der Waals surface area contributed by atoms with Crippen LogP contribution in [0.3, 0.4) is 0 Å². The van der Waals surface area contributed by atoms with Crippen molar-refractivity contribution in [2.24, 2.45) is 9.98 Å². The molecule has 0 atom stereocenters. The Morgan fingerprint density at radius 3 is 2.57 bits per heavy atom. The summed E-state index contributed by atoms with van der Waals surface area (Å²) in [6.07, 6.45) is 5.12. The number of rotatable bonds is 4. The van der Waals surface area contributed by atoms with Gasteiger partial charge in [-0.05, 0) is 47.4 Å². The van der Waals surface area contributed by atoms with Gasteiger partial charge in [0.1, 0.15) is 23.0 Å². The Bertz CT molecular complexity index is 1590. The first-order valence-corrected chi connectivity index (χ1v) is 11.9. The molecule has 35 heavy (non-hydrogen) atoms. The van der Waals surface area contributed by atoms with E-state index in [4.69, 9.17) is 4.98 Å². The molecule has 1 aliphatic heterocycles. The van der Waals surface area contributed by atoms with Crippen LogP contribution in [-0.4, -0.2) is 53.2 Å². The molecule has 3 aromatic heterocycles. The standard InChI is InChI=1S/C28H27N7/c1-29-28(30-2)25-17-35-13-10-20(16-26(35)34-25)18-4-6-19(7-5-18)23-14-21-8-9-22(15-24(21)33-23)27-31-11-3-12-32-27/h4-10,13-17,33H,3,11-12H2,1-2H3,(H,29,30)(H,31,32). The molecule has 6 rings (SSSR count). The molecule has 4 heterocycles. The highest BCUT2D eigenvalue weighted by molar-refractivity contribution is 6.02. The maximum atomic E-state index is 4.72. The summed E-state index contributed by atoms with van der Waals surface area (Å²) in [4.78, 5) is 17.2. The van der Waals surface area contributed by atoms with Crippen LogP contribution >= 0.6 is 0 Å². The van der Waals surface area contributed by atoms with Gasteiger partial charge in [-0.1, -0.05) is 36.4 Å². The molecule has 0 amide bonds. The molecule has 0 fully saturated rings. The number of pyridine rings is 1. The van der Waals surface area contributed by atoms with Gasteiger partial charge in [0.25, 0.3) is 0 Å². The molecule has 2 aromatic carbocycles. The number of nitrogens with one attached hydrogen (secondary N) is 3. The average Bonchev–Trinajstić information content (AvgIpc) is 3.53. The second-order valence-corrected chi connectivity index (χ2v) is 8.70. The van der Waals surface area contributed by atoms with Crippen molar-refractivity contribution in [3.8, 4) is 22.4 Å². The second kappa shape index (κ2) is 8.76. The Labute approximate surface area is 203 Å². The van der Waals surface area contributed by atoms with E-state index in [1.165, 1.54) is 5.39 Å². The molecular formula is C28H27N7. The van der Waals surface area contributed by atoms with Crippen LogP contribution in [0.2, 0.25) is 0 Å². The zero-order valence-corrected chi connectivity index (χ0v) is 19.8. The zero-order chi connectivity index (χ0) is 23.8.